The van der Waals surface area contributed by atoms with E-state index in [9.17, 15) is 0 Å². The van der Waals surface area contributed by atoms with E-state index in [1.807, 2.05) is 12.1 Å². The highest BCUT2D eigenvalue weighted by molar-refractivity contribution is 7.98. The van der Waals surface area contributed by atoms with E-state index in [0.29, 0.717) is 12.0 Å². The summed E-state index contributed by atoms with van der Waals surface area (Å²) in [6.07, 6.45) is 2.08. The van der Waals surface area contributed by atoms with Crippen LogP contribution < -0.4 is 10.1 Å². The average Bonchev–Trinajstić information content (AvgIpc) is 2.35. The lowest BCUT2D eigenvalue weighted by molar-refractivity contribution is 0.296. The lowest BCUT2D eigenvalue weighted by atomic mass is 10.1. The second-order valence-corrected chi connectivity index (χ2v) is 5.39. The van der Waals surface area contributed by atoms with Gasteiger partial charge in [0, 0.05) is 17.5 Å². The van der Waals surface area contributed by atoms with E-state index >= 15 is 0 Å². The van der Waals surface area contributed by atoms with E-state index in [1.165, 1.54) is 4.90 Å². The average molecular weight is 253 g/mol. The first-order valence-corrected chi connectivity index (χ1v) is 7.36. The Labute approximate surface area is 109 Å². The molecule has 0 aliphatic rings. The fraction of sp³-hybridized carbons (Fsp3) is 0.571. The SMILES string of the molecule is CSc1ccc(OCCNC(C)C(C)C)cc1. The van der Waals surface area contributed by atoms with Crippen molar-refractivity contribution in [3.63, 3.8) is 0 Å². The van der Waals surface area contributed by atoms with Gasteiger partial charge < -0.3 is 10.1 Å². The minimum atomic E-state index is 0.539. The van der Waals surface area contributed by atoms with Gasteiger partial charge in [-0.25, -0.2) is 0 Å². The van der Waals surface area contributed by atoms with Gasteiger partial charge in [0.2, 0.25) is 0 Å². The van der Waals surface area contributed by atoms with Crippen LogP contribution in [0.5, 0.6) is 5.75 Å². The molecule has 0 aliphatic heterocycles. The van der Waals surface area contributed by atoms with E-state index in [0.717, 1.165) is 18.9 Å². The molecule has 0 fully saturated rings. The van der Waals surface area contributed by atoms with Crippen LogP contribution in [0.1, 0.15) is 20.8 Å². The molecule has 0 aliphatic carbocycles. The minimum absolute atomic E-state index is 0.539. The van der Waals surface area contributed by atoms with Crippen molar-refractivity contribution in [2.75, 3.05) is 19.4 Å². The number of rotatable bonds is 7. The van der Waals surface area contributed by atoms with E-state index in [4.69, 9.17) is 4.74 Å². The van der Waals surface area contributed by atoms with Crippen molar-refractivity contribution in [3.8, 4) is 5.75 Å². The number of thioether (sulfide) groups is 1. The Hall–Kier alpha value is -0.670. The molecule has 0 aromatic heterocycles. The molecule has 0 bridgehead atoms. The largest absolute Gasteiger partial charge is 0.492 e. The number of hydrogen-bond donors (Lipinski definition) is 1. The molecule has 1 rings (SSSR count). The summed E-state index contributed by atoms with van der Waals surface area (Å²) in [5.74, 6) is 1.61. The third-order valence-electron chi connectivity index (χ3n) is 2.90. The summed E-state index contributed by atoms with van der Waals surface area (Å²) in [6.45, 7) is 8.26. The molecule has 17 heavy (non-hydrogen) atoms. The van der Waals surface area contributed by atoms with Crippen LogP contribution >= 0.6 is 11.8 Å². The van der Waals surface area contributed by atoms with Gasteiger partial charge in [0.05, 0.1) is 0 Å². The highest BCUT2D eigenvalue weighted by atomic mass is 32.2. The zero-order valence-corrected chi connectivity index (χ0v) is 12.0. The third kappa shape index (κ3) is 5.46. The first-order chi connectivity index (χ1) is 8.13. The lowest BCUT2D eigenvalue weighted by Gasteiger charge is -2.17. The Morgan fingerprint density at radius 3 is 2.35 bits per heavy atom. The van der Waals surface area contributed by atoms with Crippen LogP contribution in [-0.2, 0) is 0 Å². The number of benzene rings is 1. The van der Waals surface area contributed by atoms with Crippen LogP contribution in [0, 0.1) is 5.92 Å². The molecule has 1 atom stereocenters. The molecule has 1 aromatic rings. The van der Waals surface area contributed by atoms with Gasteiger partial charge >= 0.3 is 0 Å². The van der Waals surface area contributed by atoms with Gasteiger partial charge in [-0.3, -0.25) is 0 Å². The predicted molar refractivity (Wildman–Crippen MR) is 76.0 cm³/mol. The fourth-order valence-electron chi connectivity index (χ4n) is 1.36. The van der Waals surface area contributed by atoms with Gasteiger partial charge in [0.15, 0.2) is 0 Å². The van der Waals surface area contributed by atoms with Crippen LogP contribution in [0.3, 0.4) is 0 Å². The summed E-state index contributed by atoms with van der Waals surface area (Å²) in [5, 5.41) is 3.45. The number of hydrogen-bond acceptors (Lipinski definition) is 3. The van der Waals surface area contributed by atoms with Gasteiger partial charge in [0.1, 0.15) is 12.4 Å². The Kier molecular flexibility index (Phi) is 6.45. The van der Waals surface area contributed by atoms with Crippen molar-refractivity contribution >= 4 is 11.8 Å². The van der Waals surface area contributed by atoms with Crippen molar-refractivity contribution in [1.82, 2.24) is 5.32 Å². The van der Waals surface area contributed by atoms with E-state index in [1.54, 1.807) is 11.8 Å². The van der Waals surface area contributed by atoms with Crippen LogP contribution in [0.15, 0.2) is 29.2 Å². The van der Waals surface area contributed by atoms with Crippen molar-refractivity contribution in [2.24, 2.45) is 5.92 Å². The van der Waals surface area contributed by atoms with Crippen LogP contribution in [-0.4, -0.2) is 25.4 Å². The summed E-state index contributed by atoms with van der Waals surface area (Å²) in [4.78, 5) is 1.27. The highest BCUT2D eigenvalue weighted by Gasteiger charge is 2.04. The molecule has 0 saturated carbocycles. The Morgan fingerprint density at radius 2 is 1.82 bits per heavy atom. The molecular formula is C14H23NOS. The topological polar surface area (TPSA) is 21.3 Å². The zero-order valence-electron chi connectivity index (χ0n) is 11.2. The maximum Gasteiger partial charge on any atom is 0.119 e. The van der Waals surface area contributed by atoms with Crippen LogP contribution in [0.4, 0.5) is 0 Å². The Bertz CT molecular complexity index is 311. The van der Waals surface area contributed by atoms with Crippen molar-refractivity contribution in [3.05, 3.63) is 24.3 Å². The van der Waals surface area contributed by atoms with Crippen molar-refractivity contribution < 1.29 is 4.74 Å². The normalized spacial score (nSPS) is 12.8. The molecule has 0 saturated heterocycles. The minimum Gasteiger partial charge on any atom is -0.492 e. The summed E-state index contributed by atoms with van der Waals surface area (Å²) < 4.78 is 5.66. The number of ether oxygens (including phenoxy) is 1. The molecular weight excluding hydrogens is 230 g/mol. The molecule has 2 nitrogen and oxygen atoms in total. The van der Waals surface area contributed by atoms with Crippen molar-refractivity contribution in [2.45, 2.75) is 31.7 Å². The first kappa shape index (κ1) is 14.4. The summed E-state index contributed by atoms with van der Waals surface area (Å²) in [5.41, 5.74) is 0. The zero-order chi connectivity index (χ0) is 12.7. The molecule has 0 radical (unpaired) electrons. The van der Waals surface area contributed by atoms with E-state index in [-0.39, 0.29) is 0 Å². The number of nitrogens with one attached hydrogen (secondary N) is 1. The second kappa shape index (κ2) is 7.62. The second-order valence-electron chi connectivity index (χ2n) is 4.51. The van der Waals surface area contributed by atoms with E-state index < -0.39 is 0 Å². The monoisotopic (exact) mass is 253 g/mol. The maximum absolute atomic E-state index is 5.66. The standard InChI is InChI=1S/C14H23NOS/c1-11(2)12(3)15-9-10-16-13-5-7-14(17-4)8-6-13/h5-8,11-12,15H,9-10H2,1-4H3. The predicted octanol–water partition coefficient (Wildman–Crippen LogP) is 3.42. The maximum atomic E-state index is 5.66. The Balaban J connectivity index is 2.22. The quantitative estimate of drug-likeness (QED) is 0.594. The summed E-state index contributed by atoms with van der Waals surface area (Å²) in [6, 6.07) is 8.77. The molecule has 96 valence electrons. The van der Waals surface area contributed by atoms with Gasteiger partial charge in [0.25, 0.3) is 0 Å². The highest BCUT2D eigenvalue weighted by Crippen LogP contribution is 2.18. The molecule has 1 N–H and O–H groups in total. The first-order valence-electron chi connectivity index (χ1n) is 6.13. The lowest BCUT2D eigenvalue weighted by Crippen LogP contribution is -2.33. The third-order valence-corrected chi connectivity index (χ3v) is 3.64. The molecule has 0 amide bonds. The Morgan fingerprint density at radius 1 is 1.18 bits per heavy atom. The summed E-state index contributed by atoms with van der Waals surface area (Å²) >= 11 is 1.75. The molecule has 1 unspecified atom stereocenters. The van der Waals surface area contributed by atoms with Gasteiger partial charge in [-0.15, -0.1) is 11.8 Å². The van der Waals surface area contributed by atoms with Crippen LogP contribution in [0.2, 0.25) is 0 Å². The smallest absolute Gasteiger partial charge is 0.119 e. The van der Waals surface area contributed by atoms with Gasteiger partial charge in [-0.2, -0.15) is 0 Å². The molecule has 0 heterocycles. The molecule has 3 heteroatoms. The summed E-state index contributed by atoms with van der Waals surface area (Å²) in [7, 11) is 0. The van der Waals surface area contributed by atoms with Crippen LogP contribution in [0.25, 0.3) is 0 Å². The van der Waals surface area contributed by atoms with Gasteiger partial charge in [-0.05, 0) is 43.4 Å². The van der Waals surface area contributed by atoms with E-state index in [2.05, 4.69) is 44.5 Å². The van der Waals surface area contributed by atoms with Crippen molar-refractivity contribution in [1.29, 1.82) is 0 Å². The molecule has 1 aromatic carbocycles. The fourth-order valence-corrected chi connectivity index (χ4v) is 1.77. The molecule has 0 spiro atoms. The van der Waals surface area contributed by atoms with Gasteiger partial charge in [-0.1, -0.05) is 13.8 Å².